The summed E-state index contributed by atoms with van der Waals surface area (Å²) in [4.78, 5) is 13.4. The van der Waals surface area contributed by atoms with Crippen LogP contribution in [0.15, 0.2) is 94.1 Å². The van der Waals surface area contributed by atoms with E-state index in [-0.39, 0.29) is 5.78 Å². The topological polar surface area (TPSA) is 29.1 Å². The van der Waals surface area contributed by atoms with Gasteiger partial charge < -0.3 is 5.32 Å². The number of benzene rings is 3. The molecule has 0 saturated carbocycles. The monoisotopic (exact) mass is 473 g/mol. The molecule has 1 spiro atoms. The molecule has 6 rings (SSSR count). The summed E-state index contributed by atoms with van der Waals surface area (Å²) >= 11 is -0.407. The van der Waals surface area contributed by atoms with Gasteiger partial charge in [0.2, 0.25) is 0 Å². The van der Waals surface area contributed by atoms with Gasteiger partial charge in [-0.05, 0) is 38.9 Å². The van der Waals surface area contributed by atoms with E-state index in [1.54, 1.807) is 0 Å². The molecule has 0 atom stereocenters. The Morgan fingerprint density at radius 3 is 2.07 bits per heavy atom. The van der Waals surface area contributed by atoms with E-state index in [2.05, 4.69) is 76.1 Å². The maximum absolute atomic E-state index is 13.4. The van der Waals surface area contributed by atoms with Crippen LogP contribution in [0.4, 0.5) is 11.4 Å². The molecule has 0 amide bonds. The minimum atomic E-state index is -0.410. The van der Waals surface area contributed by atoms with Crippen LogP contribution in [0.25, 0.3) is 0 Å². The Morgan fingerprint density at radius 1 is 0.750 bits per heavy atom. The second kappa shape index (κ2) is 5.85. The van der Waals surface area contributed by atoms with E-state index in [1.807, 2.05) is 18.2 Å². The number of carbonyl (C=O) groups is 1. The standard InChI is InChI=1S/C25H16INO/c28-23-16-8-1-2-10-18(16)25(24-17(23)9-7-15-26-24)19-11-3-5-13-21(19)27-22-14-6-4-12-20(22)25/h1-15,27H. The number of Topliss-reactive ketones (excluding diaryl/α,β-unsaturated/α-hetero) is 1. The second-order valence-electron chi connectivity index (χ2n) is 7.16. The molecule has 1 N–H and O–H groups in total. The number of halogens is 1. The zero-order chi connectivity index (χ0) is 18.7. The summed E-state index contributed by atoms with van der Waals surface area (Å²) in [5.41, 5.74) is 7.14. The molecule has 28 heavy (non-hydrogen) atoms. The third-order valence-electron chi connectivity index (χ3n) is 5.83. The average Bonchev–Trinajstić information content (AvgIpc) is 2.77. The van der Waals surface area contributed by atoms with Crippen molar-refractivity contribution in [1.82, 2.24) is 0 Å². The highest BCUT2D eigenvalue weighted by molar-refractivity contribution is 14.2. The van der Waals surface area contributed by atoms with Gasteiger partial charge in [-0.1, -0.05) is 87.5 Å². The summed E-state index contributed by atoms with van der Waals surface area (Å²) in [5, 5.41) is 3.63. The largest absolute Gasteiger partial charge is 0.355 e. The molecular weight excluding hydrogens is 457 g/mol. The van der Waals surface area contributed by atoms with Gasteiger partial charge in [-0.3, -0.25) is 4.79 Å². The van der Waals surface area contributed by atoms with E-state index >= 15 is 0 Å². The van der Waals surface area contributed by atoms with Gasteiger partial charge in [0.25, 0.3) is 0 Å². The molecule has 0 saturated heterocycles. The lowest BCUT2D eigenvalue weighted by molar-refractivity contribution is 0.103. The van der Waals surface area contributed by atoms with Crippen LogP contribution in [0.3, 0.4) is 0 Å². The second-order valence-corrected chi connectivity index (χ2v) is 9.58. The van der Waals surface area contributed by atoms with Crippen LogP contribution in [0.5, 0.6) is 0 Å². The van der Waals surface area contributed by atoms with Crippen molar-refractivity contribution >= 4 is 41.9 Å². The molecule has 0 aromatic heterocycles. The number of carbonyl (C=O) groups excluding carboxylic acids is 1. The molecule has 3 heteroatoms. The van der Waals surface area contributed by atoms with Gasteiger partial charge in [0.15, 0.2) is 5.78 Å². The van der Waals surface area contributed by atoms with Crippen molar-refractivity contribution < 1.29 is 4.79 Å². The lowest BCUT2D eigenvalue weighted by Crippen LogP contribution is -2.40. The number of allylic oxidation sites excluding steroid dienone is 4. The number of rotatable bonds is 0. The highest BCUT2D eigenvalue weighted by Gasteiger charge is 2.50. The molecule has 3 aliphatic rings. The van der Waals surface area contributed by atoms with Gasteiger partial charge >= 0.3 is 0 Å². The minimum absolute atomic E-state index is 0.161. The average molecular weight is 473 g/mol. The van der Waals surface area contributed by atoms with E-state index in [1.165, 1.54) is 14.7 Å². The Morgan fingerprint density at radius 2 is 1.36 bits per heavy atom. The summed E-state index contributed by atoms with van der Waals surface area (Å²) in [6.07, 6.45) is 4.08. The lowest BCUT2D eigenvalue weighted by atomic mass is 9.62. The Labute approximate surface area is 173 Å². The molecule has 0 bridgehead atoms. The van der Waals surface area contributed by atoms with Crippen molar-refractivity contribution in [2.24, 2.45) is 0 Å². The van der Waals surface area contributed by atoms with Gasteiger partial charge in [-0.15, -0.1) is 0 Å². The van der Waals surface area contributed by atoms with E-state index in [0.29, 0.717) is 0 Å². The maximum Gasteiger partial charge on any atom is 0.194 e. The van der Waals surface area contributed by atoms with Crippen LogP contribution in [0, 0.1) is 0 Å². The van der Waals surface area contributed by atoms with Crippen molar-refractivity contribution in [3.05, 3.63) is 116 Å². The number of hydrogen-bond donors (Lipinski definition) is 1. The van der Waals surface area contributed by atoms with Crippen molar-refractivity contribution in [2.75, 3.05) is 5.32 Å². The summed E-state index contributed by atoms with van der Waals surface area (Å²) in [6.45, 7) is 0. The quantitative estimate of drug-likeness (QED) is 0.414. The van der Waals surface area contributed by atoms with Gasteiger partial charge in [0, 0.05) is 26.1 Å². The number of para-hydroxylation sites is 2. The van der Waals surface area contributed by atoms with Gasteiger partial charge in [0.05, 0.1) is 5.41 Å². The number of nitrogens with one attached hydrogen (secondary N) is 1. The van der Waals surface area contributed by atoms with Crippen LogP contribution in [0.2, 0.25) is 0 Å². The molecule has 3 aromatic carbocycles. The fourth-order valence-corrected chi connectivity index (χ4v) is 7.62. The molecule has 0 radical (unpaired) electrons. The predicted octanol–water partition coefficient (Wildman–Crippen LogP) is 5.87. The summed E-state index contributed by atoms with van der Waals surface area (Å²) in [5.74, 6) is 0.161. The first-order chi connectivity index (χ1) is 13.8. The van der Waals surface area contributed by atoms with E-state index in [9.17, 15) is 4.79 Å². The summed E-state index contributed by atoms with van der Waals surface area (Å²) in [6, 6.07) is 25.3. The molecule has 3 aromatic rings. The molecule has 2 aliphatic heterocycles. The van der Waals surface area contributed by atoms with Gasteiger partial charge in [-0.2, -0.15) is 0 Å². The molecular formula is C25H16INO. The third-order valence-corrected chi connectivity index (χ3v) is 8.61. The van der Waals surface area contributed by atoms with Crippen molar-refractivity contribution in [1.29, 1.82) is 0 Å². The molecule has 2 nitrogen and oxygen atoms in total. The van der Waals surface area contributed by atoms with Crippen LogP contribution in [-0.4, -0.2) is 9.79 Å². The molecule has 134 valence electrons. The Hall–Kier alpha value is -2.79. The third kappa shape index (κ3) is 1.92. The van der Waals surface area contributed by atoms with Gasteiger partial charge in [-0.25, -0.2) is 0 Å². The number of ketones is 1. The molecule has 1 aliphatic carbocycles. The zero-order valence-electron chi connectivity index (χ0n) is 14.9. The number of fused-ring (bicyclic) bond motifs is 7. The van der Waals surface area contributed by atoms with E-state index < -0.39 is 26.1 Å². The van der Waals surface area contributed by atoms with Crippen LogP contribution in [0.1, 0.15) is 27.0 Å². The smallest absolute Gasteiger partial charge is 0.194 e. The predicted molar refractivity (Wildman–Crippen MR) is 123 cm³/mol. The fraction of sp³-hybridized carbons (Fsp3) is 0.0400. The Balaban J connectivity index is 1.87. The van der Waals surface area contributed by atoms with Gasteiger partial charge in [0.1, 0.15) is 0 Å². The maximum atomic E-state index is 13.4. The van der Waals surface area contributed by atoms with Crippen molar-refractivity contribution in [3.8, 4) is 0 Å². The molecule has 0 unspecified atom stereocenters. The van der Waals surface area contributed by atoms with Crippen molar-refractivity contribution in [3.63, 3.8) is 0 Å². The number of anilines is 2. The molecule has 0 fully saturated rings. The highest BCUT2D eigenvalue weighted by atomic mass is 127. The summed E-state index contributed by atoms with van der Waals surface area (Å²) in [7, 11) is 0. The van der Waals surface area contributed by atoms with E-state index in [0.717, 1.165) is 28.1 Å². The number of hydrogen-bond acceptors (Lipinski definition) is 2. The minimum Gasteiger partial charge on any atom is -0.355 e. The molecule has 2 heterocycles. The fourth-order valence-electron chi connectivity index (χ4n) is 4.75. The Kier molecular flexibility index (Phi) is 3.38. The van der Waals surface area contributed by atoms with E-state index in [4.69, 9.17) is 0 Å². The SMILES string of the molecule is O=C1C2=C(I=CC=C2)C2(c3ccccc3Nc3ccccc32)c2ccccc21. The zero-order valence-corrected chi connectivity index (χ0v) is 17.1. The van der Waals surface area contributed by atoms with Crippen LogP contribution >= 0.6 is 20.7 Å². The first kappa shape index (κ1) is 16.2. The first-order valence-corrected chi connectivity index (χ1v) is 11.6. The normalized spacial score (nSPS) is 17.8. The highest BCUT2D eigenvalue weighted by Crippen LogP contribution is 2.60. The lowest BCUT2D eigenvalue weighted by Gasteiger charge is -2.46. The van der Waals surface area contributed by atoms with Crippen molar-refractivity contribution in [2.45, 2.75) is 5.41 Å². The van der Waals surface area contributed by atoms with Crippen LogP contribution in [-0.2, 0) is 5.41 Å². The summed E-state index contributed by atoms with van der Waals surface area (Å²) < 4.78 is 3.56. The Bertz CT molecular complexity index is 1220. The first-order valence-electron chi connectivity index (χ1n) is 9.30. The van der Waals surface area contributed by atoms with Crippen LogP contribution < -0.4 is 5.32 Å².